The van der Waals surface area contributed by atoms with E-state index >= 15 is 0 Å². The van der Waals surface area contributed by atoms with Crippen molar-refractivity contribution in [3.05, 3.63) is 16.8 Å². The van der Waals surface area contributed by atoms with E-state index in [1.165, 1.54) is 10.9 Å². The second-order valence-electron chi connectivity index (χ2n) is 6.65. The molecule has 3 N–H and O–H groups in total. The van der Waals surface area contributed by atoms with Crippen LogP contribution in [0.4, 0.5) is 10.2 Å². The average molecular weight is 378 g/mol. The molecule has 2 fully saturated rings. The summed E-state index contributed by atoms with van der Waals surface area (Å²) in [5.74, 6) is 0.132. The van der Waals surface area contributed by atoms with Crippen LogP contribution >= 0.6 is 0 Å². The fourth-order valence-electron chi connectivity index (χ4n) is 3.60. The Labute approximate surface area is 152 Å². The number of nitrogen functional groups attached to an aromatic ring is 1. The number of ether oxygens (including phenoxy) is 2. The van der Waals surface area contributed by atoms with Crippen molar-refractivity contribution < 1.29 is 19.0 Å². The third-order valence-corrected chi connectivity index (χ3v) is 4.95. The number of rotatable bonds is 5. The van der Waals surface area contributed by atoms with Crippen LogP contribution in [0.1, 0.15) is 31.9 Å². The summed E-state index contributed by atoms with van der Waals surface area (Å²) in [6.07, 6.45) is 2.09. The maximum atomic E-state index is 13.2. The van der Waals surface area contributed by atoms with E-state index in [2.05, 4.69) is 25.0 Å². The monoisotopic (exact) mass is 378 g/mol. The lowest BCUT2D eigenvalue weighted by Crippen LogP contribution is -2.30. The van der Waals surface area contributed by atoms with E-state index in [-0.39, 0.29) is 17.9 Å². The highest BCUT2D eigenvalue weighted by molar-refractivity contribution is 5.82. The first-order chi connectivity index (χ1) is 13.1. The number of aromatic nitrogens is 4. The van der Waals surface area contributed by atoms with Crippen LogP contribution in [0, 0.1) is 0 Å². The lowest BCUT2D eigenvalue weighted by atomic mass is 10.1. The van der Waals surface area contributed by atoms with Crippen molar-refractivity contribution in [1.29, 1.82) is 0 Å². The molecule has 0 unspecified atom stereocenters. The van der Waals surface area contributed by atoms with Crippen LogP contribution in [0.3, 0.4) is 0 Å². The van der Waals surface area contributed by atoms with E-state index in [1.807, 2.05) is 0 Å². The molecular formula is C15H19FN8O3. The number of nitrogens with zero attached hydrogens (tertiary/aromatic N) is 7. The molecule has 0 radical (unpaired) electrons. The Morgan fingerprint density at radius 1 is 1.44 bits per heavy atom. The molecule has 0 spiro atoms. The van der Waals surface area contributed by atoms with Crippen LogP contribution in [0.25, 0.3) is 21.6 Å². The number of fused-ring (bicyclic) bond motifs is 1. The smallest absolute Gasteiger partial charge is 0.320 e. The largest absolute Gasteiger partial charge is 0.460 e. The van der Waals surface area contributed by atoms with Gasteiger partial charge in [0, 0.05) is 4.91 Å². The first-order valence-corrected chi connectivity index (χ1v) is 8.72. The van der Waals surface area contributed by atoms with Gasteiger partial charge in [0.05, 0.1) is 18.5 Å². The summed E-state index contributed by atoms with van der Waals surface area (Å²) < 4.78 is 26.0. The van der Waals surface area contributed by atoms with Gasteiger partial charge < -0.3 is 20.3 Å². The number of aliphatic hydroxyl groups is 1. The molecule has 4 atom stereocenters. The standard InChI is InChI=1S/C15H19FN8O3/c16-5-8-9(22-23-18)11(25)14(27-8)24-6-19-10-12(17)20-15(21-13(10)24)26-7-3-1-2-4-7/h6-9,11,14,25H,1-5H2,(H2,17,20,21)/t8-,9+,11-,14-/m1/s1. The van der Waals surface area contributed by atoms with E-state index in [0.717, 1.165) is 25.7 Å². The van der Waals surface area contributed by atoms with Crippen molar-refractivity contribution in [1.82, 2.24) is 19.5 Å². The molecule has 0 bridgehead atoms. The Balaban J connectivity index is 1.69. The maximum Gasteiger partial charge on any atom is 0.320 e. The van der Waals surface area contributed by atoms with Gasteiger partial charge >= 0.3 is 6.01 Å². The van der Waals surface area contributed by atoms with Crippen molar-refractivity contribution in [3.8, 4) is 6.01 Å². The van der Waals surface area contributed by atoms with Crippen LogP contribution in [-0.2, 0) is 4.74 Å². The molecule has 1 saturated carbocycles. The predicted octanol–water partition coefficient (Wildman–Crippen LogP) is 1.64. The van der Waals surface area contributed by atoms with Crippen LogP contribution in [-0.4, -0.2) is 55.7 Å². The normalized spacial score (nSPS) is 28.5. The Morgan fingerprint density at radius 2 is 2.22 bits per heavy atom. The third-order valence-electron chi connectivity index (χ3n) is 4.95. The number of hydrogen-bond acceptors (Lipinski definition) is 8. The number of halogens is 1. The SMILES string of the molecule is [N-]=[N+]=N[C@@H]1[C@@H](O)[C@H](n2cnc3c(N)nc(OC4CCCC4)nc32)O[C@@H]1CF. The van der Waals surface area contributed by atoms with Crippen molar-refractivity contribution in [3.63, 3.8) is 0 Å². The summed E-state index contributed by atoms with van der Waals surface area (Å²) in [4.78, 5) is 15.3. The summed E-state index contributed by atoms with van der Waals surface area (Å²) in [6, 6.07) is -0.939. The van der Waals surface area contributed by atoms with E-state index in [1.54, 1.807) is 0 Å². The van der Waals surface area contributed by atoms with Crippen LogP contribution < -0.4 is 10.5 Å². The van der Waals surface area contributed by atoms with E-state index < -0.39 is 31.2 Å². The molecule has 2 aromatic rings. The zero-order valence-corrected chi connectivity index (χ0v) is 14.3. The Kier molecular flexibility index (Phi) is 4.68. The lowest BCUT2D eigenvalue weighted by molar-refractivity contribution is -0.0404. The maximum absolute atomic E-state index is 13.2. The van der Waals surface area contributed by atoms with Crippen molar-refractivity contribution >= 4 is 17.0 Å². The third kappa shape index (κ3) is 3.11. The van der Waals surface area contributed by atoms with Gasteiger partial charge in [0.15, 0.2) is 23.2 Å². The molecule has 0 amide bonds. The molecule has 1 aliphatic carbocycles. The minimum absolute atomic E-state index is 0.0387. The van der Waals surface area contributed by atoms with Crippen molar-refractivity contribution in [2.75, 3.05) is 12.4 Å². The van der Waals surface area contributed by atoms with Gasteiger partial charge in [-0.25, -0.2) is 9.37 Å². The zero-order valence-electron chi connectivity index (χ0n) is 14.3. The van der Waals surface area contributed by atoms with Crippen LogP contribution in [0.15, 0.2) is 11.4 Å². The Bertz CT molecular complexity index is 879. The average Bonchev–Trinajstić information content (AvgIpc) is 3.36. The highest BCUT2D eigenvalue weighted by atomic mass is 19.1. The number of imidazole rings is 1. The van der Waals surface area contributed by atoms with E-state index in [9.17, 15) is 9.50 Å². The number of azide groups is 1. The second kappa shape index (κ2) is 7.14. The van der Waals surface area contributed by atoms with Gasteiger partial charge in [0.1, 0.15) is 18.9 Å². The number of nitrogens with two attached hydrogens (primary N) is 1. The minimum atomic E-state index is -1.27. The summed E-state index contributed by atoms with van der Waals surface area (Å²) in [5, 5.41) is 13.9. The molecule has 1 aliphatic heterocycles. The van der Waals surface area contributed by atoms with Crippen LogP contribution in [0.2, 0.25) is 0 Å². The molecule has 12 heteroatoms. The Morgan fingerprint density at radius 3 is 2.93 bits per heavy atom. The van der Waals surface area contributed by atoms with Gasteiger partial charge in [-0.05, 0) is 31.2 Å². The molecule has 0 aromatic carbocycles. The molecule has 4 rings (SSSR count). The molecule has 11 nitrogen and oxygen atoms in total. The molecule has 2 aliphatic rings. The molecule has 144 valence electrons. The quantitative estimate of drug-likeness (QED) is 0.455. The first kappa shape index (κ1) is 17.7. The lowest BCUT2D eigenvalue weighted by Gasteiger charge is -2.17. The minimum Gasteiger partial charge on any atom is -0.460 e. The molecule has 1 saturated heterocycles. The summed E-state index contributed by atoms with van der Waals surface area (Å²) in [7, 11) is 0. The molecular weight excluding hydrogens is 359 g/mol. The highest BCUT2D eigenvalue weighted by Gasteiger charge is 2.45. The number of hydrogen-bond donors (Lipinski definition) is 2. The van der Waals surface area contributed by atoms with Crippen LogP contribution in [0.5, 0.6) is 6.01 Å². The van der Waals surface area contributed by atoms with Gasteiger partial charge in [0.2, 0.25) is 0 Å². The number of aliphatic hydroxyl groups excluding tert-OH is 1. The molecule has 2 aromatic heterocycles. The van der Waals surface area contributed by atoms with E-state index in [0.29, 0.717) is 11.2 Å². The first-order valence-electron chi connectivity index (χ1n) is 8.72. The molecule has 27 heavy (non-hydrogen) atoms. The van der Waals surface area contributed by atoms with Gasteiger partial charge in [-0.15, -0.1) is 0 Å². The van der Waals surface area contributed by atoms with E-state index in [4.69, 9.17) is 20.7 Å². The van der Waals surface area contributed by atoms with Gasteiger partial charge in [0.25, 0.3) is 0 Å². The number of anilines is 1. The second-order valence-corrected chi connectivity index (χ2v) is 6.65. The molecule has 3 heterocycles. The Hall–Kier alpha value is -2.69. The summed E-state index contributed by atoms with van der Waals surface area (Å²) >= 11 is 0. The fourth-order valence-corrected chi connectivity index (χ4v) is 3.60. The topological polar surface area (TPSA) is 157 Å². The zero-order chi connectivity index (χ0) is 19.0. The van der Waals surface area contributed by atoms with Gasteiger partial charge in [-0.1, -0.05) is 5.11 Å². The fraction of sp³-hybridized carbons (Fsp3) is 0.667. The van der Waals surface area contributed by atoms with Crippen molar-refractivity contribution in [2.45, 2.75) is 56.3 Å². The number of alkyl halides is 1. The summed E-state index contributed by atoms with van der Waals surface area (Å²) in [6.45, 7) is -0.906. The predicted molar refractivity (Wildman–Crippen MR) is 91.4 cm³/mol. The summed E-state index contributed by atoms with van der Waals surface area (Å²) in [5.41, 5.74) is 15.2. The van der Waals surface area contributed by atoms with Gasteiger partial charge in [-0.2, -0.15) is 9.97 Å². The van der Waals surface area contributed by atoms with Crippen molar-refractivity contribution in [2.24, 2.45) is 5.11 Å². The highest BCUT2D eigenvalue weighted by Crippen LogP contribution is 2.34. The van der Waals surface area contributed by atoms with Gasteiger partial charge in [-0.3, -0.25) is 4.57 Å².